The molecule has 0 fully saturated rings. The topological polar surface area (TPSA) is 18.5 Å². The Hall–Kier alpha value is 0.0938. The van der Waals surface area contributed by atoms with Crippen molar-refractivity contribution in [2.75, 3.05) is 0 Å². The van der Waals surface area contributed by atoms with Crippen LogP contribution >= 0.6 is 0 Å². The lowest BCUT2D eigenvalue weighted by atomic mass is 10.2. The van der Waals surface area contributed by atoms with Crippen molar-refractivity contribution in [3.8, 4) is 0 Å². The second-order valence-electron chi connectivity index (χ2n) is 7.94. The summed E-state index contributed by atoms with van der Waals surface area (Å²) in [5.41, 5.74) is 0. The highest BCUT2D eigenvalue weighted by atomic mass is 28.4. The minimum absolute atomic E-state index is 0.258. The average Bonchev–Trinajstić information content (AvgIpc) is 2.81. The third-order valence-corrected chi connectivity index (χ3v) is 14.8. The van der Waals surface area contributed by atoms with Gasteiger partial charge in [-0.05, 0) is 36.3 Å². The van der Waals surface area contributed by atoms with Crippen LogP contribution in [0.25, 0.3) is 0 Å². The van der Waals surface area contributed by atoms with Crippen molar-refractivity contribution in [2.24, 2.45) is 0 Å². The predicted molar refractivity (Wildman–Crippen MR) is 97.9 cm³/mol. The maximum atomic E-state index is 6.56. The molecule has 0 aromatic carbocycles. The Labute approximate surface area is 134 Å². The van der Waals surface area contributed by atoms with E-state index in [0.717, 1.165) is 6.42 Å². The first-order valence-corrected chi connectivity index (χ1v) is 14.1. The van der Waals surface area contributed by atoms with E-state index >= 15 is 0 Å². The lowest BCUT2D eigenvalue weighted by Gasteiger charge is -2.38. The first kappa shape index (κ1) is 19.1. The third kappa shape index (κ3) is 4.78. The van der Waals surface area contributed by atoms with Gasteiger partial charge in [0.2, 0.25) is 0 Å². The molecule has 0 aromatic heterocycles. The normalized spacial score (nSPS) is 23.8. The second-order valence-corrected chi connectivity index (χ2v) is 17.4. The first-order chi connectivity index (χ1) is 9.59. The third-order valence-electron chi connectivity index (χ3n) is 5.59. The summed E-state index contributed by atoms with van der Waals surface area (Å²) >= 11 is 0. The molecule has 2 nitrogen and oxygen atoms in total. The van der Waals surface area contributed by atoms with Crippen LogP contribution in [0.3, 0.4) is 0 Å². The molecule has 124 valence electrons. The minimum Gasteiger partial charge on any atom is -0.410 e. The van der Waals surface area contributed by atoms with E-state index in [2.05, 4.69) is 66.8 Å². The fraction of sp³-hybridized carbons (Fsp3) is 0.882. The first-order valence-electron chi connectivity index (χ1n) is 8.63. The van der Waals surface area contributed by atoms with Crippen LogP contribution in [0.5, 0.6) is 0 Å². The van der Waals surface area contributed by atoms with Crippen LogP contribution in [0.2, 0.25) is 36.3 Å². The molecule has 0 amide bonds. The maximum Gasteiger partial charge on any atom is 0.192 e. The minimum atomic E-state index is -1.68. The lowest BCUT2D eigenvalue weighted by molar-refractivity contribution is 0.162. The zero-order chi connectivity index (χ0) is 16.3. The molecule has 1 rings (SSSR count). The number of hydrogen-bond donors (Lipinski definition) is 0. The van der Waals surface area contributed by atoms with Gasteiger partial charge >= 0.3 is 0 Å². The maximum absolute atomic E-state index is 6.56. The van der Waals surface area contributed by atoms with Gasteiger partial charge in [-0.1, -0.05) is 53.7 Å². The highest BCUT2D eigenvalue weighted by Gasteiger charge is 2.40. The van der Waals surface area contributed by atoms with Gasteiger partial charge in [0.15, 0.2) is 16.6 Å². The van der Waals surface area contributed by atoms with E-state index in [4.69, 9.17) is 8.85 Å². The highest BCUT2D eigenvalue weighted by Crippen LogP contribution is 2.39. The Morgan fingerprint density at radius 1 is 0.905 bits per heavy atom. The molecule has 0 saturated carbocycles. The van der Waals surface area contributed by atoms with Gasteiger partial charge in [0.05, 0.1) is 12.2 Å². The van der Waals surface area contributed by atoms with E-state index in [-0.39, 0.29) is 17.2 Å². The van der Waals surface area contributed by atoms with Crippen LogP contribution in [-0.4, -0.2) is 28.8 Å². The Balaban J connectivity index is 2.60. The second kappa shape index (κ2) is 7.11. The molecule has 1 aliphatic rings. The Morgan fingerprint density at radius 3 is 1.71 bits per heavy atom. The molecular weight excluding hydrogens is 292 g/mol. The summed E-state index contributed by atoms with van der Waals surface area (Å²) in [7, 11) is -3.18. The molecule has 1 unspecified atom stereocenters. The smallest absolute Gasteiger partial charge is 0.192 e. The van der Waals surface area contributed by atoms with Gasteiger partial charge in [0.25, 0.3) is 0 Å². The lowest BCUT2D eigenvalue weighted by Crippen LogP contribution is -2.44. The van der Waals surface area contributed by atoms with Gasteiger partial charge in [0.1, 0.15) is 0 Å². The van der Waals surface area contributed by atoms with Crippen molar-refractivity contribution in [1.29, 1.82) is 0 Å². The van der Waals surface area contributed by atoms with E-state index in [9.17, 15) is 0 Å². The fourth-order valence-corrected chi connectivity index (χ4v) is 6.79. The van der Waals surface area contributed by atoms with Crippen LogP contribution < -0.4 is 0 Å². The van der Waals surface area contributed by atoms with Gasteiger partial charge in [0, 0.05) is 6.42 Å². The summed E-state index contributed by atoms with van der Waals surface area (Å²) in [6.45, 7) is 18.4. The summed E-state index contributed by atoms with van der Waals surface area (Å²) in [5, 5.41) is 0.272. The summed E-state index contributed by atoms with van der Waals surface area (Å²) in [6, 6.07) is 3.66. The van der Waals surface area contributed by atoms with Crippen molar-refractivity contribution < 1.29 is 8.85 Å². The number of hydrogen-bond acceptors (Lipinski definition) is 2. The molecule has 0 bridgehead atoms. The Bertz CT molecular complexity index is 334. The van der Waals surface area contributed by atoms with Gasteiger partial charge in [-0.2, -0.15) is 0 Å². The van der Waals surface area contributed by atoms with Crippen LogP contribution in [0.1, 0.15) is 48.0 Å². The van der Waals surface area contributed by atoms with E-state index in [0.29, 0.717) is 0 Å². The molecule has 21 heavy (non-hydrogen) atoms. The largest absolute Gasteiger partial charge is 0.410 e. The van der Waals surface area contributed by atoms with Crippen LogP contribution in [0.15, 0.2) is 12.2 Å². The predicted octanol–water partition coefficient (Wildman–Crippen LogP) is 5.73. The average molecular weight is 329 g/mol. The summed E-state index contributed by atoms with van der Waals surface area (Å²) in [5.74, 6) is 0. The molecule has 0 heterocycles. The van der Waals surface area contributed by atoms with Gasteiger partial charge in [-0.15, -0.1) is 0 Å². The number of rotatable bonds is 7. The van der Waals surface area contributed by atoms with E-state index in [1.165, 1.54) is 18.1 Å². The van der Waals surface area contributed by atoms with Crippen molar-refractivity contribution in [1.82, 2.24) is 0 Å². The quantitative estimate of drug-likeness (QED) is 0.439. The van der Waals surface area contributed by atoms with Crippen molar-refractivity contribution in [3.63, 3.8) is 0 Å². The van der Waals surface area contributed by atoms with E-state index in [1.54, 1.807) is 0 Å². The zero-order valence-corrected chi connectivity index (χ0v) is 17.5. The van der Waals surface area contributed by atoms with Gasteiger partial charge in [-0.3, -0.25) is 0 Å². The fourth-order valence-electron chi connectivity index (χ4n) is 2.69. The van der Waals surface area contributed by atoms with Crippen LogP contribution in [0.4, 0.5) is 0 Å². The van der Waals surface area contributed by atoms with E-state index < -0.39 is 16.6 Å². The molecule has 4 heteroatoms. The summed E-state index contributed by atoms with van der Waals surface area (Å²) in [6.07, 6.45) is 6.05. The molecule has 0 spiro atoms. The molecule has 0 aromatic rings. The Morgan fingerprint density at radius 2 is 1.33 bits per heavy atom. The van der Waals surface area contributed by atoms with Gasteiger partial charge in [-0.25, -0.2) is 0 Å². The molecular formula is C17H36O2Si2. The van der Waals surface area contributed by atoms with Gasteiger partial charge < -0.3 is 8.85 Å². The molecule has 0 N–H and O–H groups in total. The summed E-state index contributed by atoms with van der Waals surface area (Å²) < 4.78 is 13.1. The zero-order valence-electron chi connectivity index (χ0n) is 15.5. The molecule has 0 radical (unpaired) electrons. The summed E-state index contributed by atoms with van der Waals surface area (Å²) in [4.78, 5) is 0. The molecule has 1 aliphatic carbocycles. The molecule has 2 atom stereocenters. The monoisotopic (exact) mass is 328 g/mol. The SMILES string of the molecule is CC[Si](CC)(CC)OC1C=C[C@@H](O[Si](C)(C)C(C)(C)C)C1. The standard InChI is InChI=1S/C17H36O2Si2/c1-9-21(10-2,11-3)19-16-13-12-15(14-16)18-20(7,8)17(4,5)6/h12-13,15-16H,9-11,14H2,1-8H3/t15-,16?/m1/s1. The van der Waals surface area contributed by atoms with E-state index in [1.807, 2.05) is 0 Å². The van der Waals surface area contributed by atoms with Crippen molar-refractivity contribution >= 4 is 16.6 Å². The van der Waals surface area contributed by atoms with Crippen molar-refractivity contribution in [3.05, 3.63) is 12.2 Å². The van der Waals surface area contributed by atoms with Crippen LogP contribution in [0, 0.1) is 0 Å². The van der Waals surface area contributed by atoms with Crippen molar-refractivity contribution in [2.45, 2.75) is 96.4 Å². The molecule has 0 saturated heterocycles. The highest BCUT2D eigenvalue weighted by molar-refractivity contribution is 6.74. The Kier molecular flexibility index (Phi) is 6.48. The molecule has 0 aliphatic heterocycles. The van der Waals surface area contributed by atoms with Crippen LogP contribution in [-0.2, 0) is 8.85 Å².